The fourth-order valence-electron chi connectivity index (χ4n) is 1.73. The molecule has 1 radical (unpaired) electrons. The molecule has 0 aliphatic carbocycles. The maximum absolute atomic E-state index is 12.9. The Morgan fingerprint density at radius 3 is 1.90 bits per heavy atom. The van der Waals surface area contributed by atoms with Crippen LogP contribution in [0, 0.1) is 6.07 Å². The van der Waals surface area contributed by atoms with Gasteiger partial charge in [-0.05, 0) is 23.8 Å². The lowest BCUT2D eigenvalue weighted by Gasteiger charge is -2.15. The van der Waals surface area contributed by atoms with Crippen molar-refractivity contribution in [1.29, 1.82) is 0 Å². The summed E-state index contributed by atoms with van der Waals surface area (Å²) in [5.41, 5.74) is -2.96. The van der Waals surface area contributed by atoms with Gasteiger partial charge in [0, 0.05) is 5.56 Å². The number of halogens is 6. The van der Waals surface area contributed by atoms with Gasteiger partial charge in [0.1, 0.15) is 0 Å². The van der Waals surface area contributed by atoms with Crippen molar-refractivity contribution in [3.8, 4) is 11.1 Å². The van der Waals surface area contributed by atoms with Gasteiger partial charge >= 0.3 is 12.4 Å². The van der Waals surface area contributed by atoms with Crippen LogP contribution in [-0.4, -0.2) is 0 Å². The summed E-state index contributed by atoms with van der Waals surface area (Å²) in [7, 11) is 0. The van der Waals surface area contributed by atoms with Crippen molar-refractivity contribution in [2.24, 2.45) is 0 Å². The minimum absolute atomic E-state index is 0.110. The van der Waals surface area contributed by atoms with Crippen molar-refractivity contribution in [2.45, 2.75) is 12.4 Å². The second-order valence-electron chi connectivity index (χ2n) is 4.04. The number of benzene rings is 2. The van der Waals surface area contributed by atoms with Crippen LogP contribution >= 0.6 is 0 Å². The van der Waals surface area contributed by atoms with Gasteiger partial charge < -0.3 is 0 Å². The molecule has 0 aliphatic heterocycles. The molecule has 2 aromatic carbocycles. The van der Waals surface area contributed by atoms with E-state index in [0.717, 1.165) is 0 Å². The molecule has 2 aromatic rings. The van der Waals surface area contributed by atoms with Crippen molar-refractivity contribution in [3.63, 3.8) is 0 Å². The molecule has 0 unspecified atom stereocenters. The first-order valence-electron chi connectivity index (χ1n) is 5.45. The van der Waals surface area contributed by atoms with Crippen LogP contribution in [0.2, 0.25) is 0 Å². The summed E-state index contributed by atoms with van der Waals surface area (Å²) in [5.74, 6) is 0. The van der Waals surface area contributed by atoms with Gasteiger partial charge in [0.15, 0.2) is 0 Å². The van der Waals surface area contributed by atoms with Crippen molar-refractivity contribution in [2.75, 3.05) is 0 Å². The zero-order valence-electron chi connectivity index (χ0n) is 9.81. The Balaban J connectivity index is 2.65. The van der Waals surface area contributed by atoms with E-state index in [4.69, 9.17) is 0 Å². The molecule has 0 N–H and O–H groups in total. The minimum Gasteiger partial charge on any atom is -0.166 e. The second kappa shape index (κ2) is 4.85. The molecule has 0 atom stereocenters. The fraction of sp³-hybridized carbons (Fsp3) is 0.143. The molecule has 105 valence electrons. The maximum Gasteiger partial charge on any atom is 0.417 e. The Labute approximate surface area is 110 Å². The molecule has 2 rings (SSSR count). The van der Waals surface area contributed by atoms with Crippen molar-refractivity contribution in [3.05, 3.63) is 59.7 Å². The summed E-state index contributed by atoms with van der Waals surface area (Å²) in [6.07, 6.45) is -9.73. The Morgan fingerprint density at radius 2 is 1.40 bits per heavy atom. The summed E-state index contributed by atoms with van der Waals surface area (Å²) < 4.78 is 76.3. The van der Waals surface area contributed by atoms with Gasteiger partial charge in [-0.25, -0.2) is 0 Å². The van der Waals surface area contributed by atoms with Gasteiger partial charge in [-0.1, -0.05) is 30.3 Å². The van der Waals surface area contributed by atoms with Crippen molar-refractivity contribution in [1.82, 2.24) is 0 Å². The number of hydrogen-bond acceptors (Lipinski definition) is 0. The van der Waals surface area contributed by atoms with Crippen LogP contribution in [0.5, 0.6) is 0 Å². The molecule has 0 bridgehead atoms. The average molecular weight is 289 g/mol. The normalized spacial score (nSPS) is 12.5. The van der Waals surface area contributed by atoms with E-state index in [9.17, 15) is 26.3 Å². The lowest BCUT2D eigenvalue weighted by molar-refractivity contribution is -0.142. The Kier molecular flexibility index (Phi) is 3.50. The monoisotopic (exact) mass is 289 g/mol. The van der Waals surface area contributed by atoms with Gasteiger partial charge in [0.25, 0.3) is 0 Å². The van der Waals surface area contributed by atoms with E-state index < -0.39 is 29.0 Å². The van der Waals surface area contributed by atoms with E-state index in [1.165, 1.54) is 24.3 Å². The highest BCUT2D eigenvalue weighted by Crippen LogP contribution is 2.40. The third-order valence-electron chi connectivity index (χ3n) is 2.64. The number of hydrogen-bond donors (Lipinski definition) is 0. The molecule has 20 heavy (non-hydrogen) atoms. The van der Waals surface area contributed by atoms with E-state index in [-0.39, 0.29) is 11.6 Å². The van der Waals surface area contributed by atoms with Gasteiger partial charge in [0.2, 0.25) is 0 Å². The summed E-state index contributed by atoms with van der Waals surface area (Å²) in [6.45, 7) is 0. The molecular weight excluding hydrogens is 282 g/mol. The van der Waals surface area contributed by atoms with E-state index in [2.05, 4.69) is 6.07 Å². The lowest BCUT2D eigenvalue weighted by atomic mass is 9.97. The average Bonchev–Trinajstić information content (AvgIpc) is 2.37. The summed E-state index contributed by atoms with van der Waals surface area (Å²) in [6, 6.07) is 10.1. The fourth-order valence-corrected chi connectivity index (χ4v) is 1.73. The van der Waals surface area contributed by atoms with Crippen LogP contribution < -0.4 is 0 Å². The molecule has 0 nitrogen and oxygen atoms in total. The van der Waals surface area contributed by atoms with Crippen molar-refractivity contribution >= 4 is 0 Å². The van der Waals surface area contributed by atoms with Crippen LogP contribution in [0.4, 0.5) is 26.3 Å². The summed E-state index contributed by atoms with van der Waals surface area (Å²) >= 11 is 0. The van der Waals surface area contributed by atoms with Crippen LogP contribution in [0.1, 0.15) is 11.1 Å². The molecule has 0 aromatic heterocycles. The van der Waals surface area contributed by atoms with E-state index in [1.807, 2.05) is 0 Å². The van der Waals surface area contributed by atoms with Gasteiger partial charge in [-0.15, -0.1) is 0 Å². The second-order valence-corrected chi connectivity index (χ2v) is 4.04. The van der Waals surface area contributed by atoms with Crippen LogP contribution in [0.3, 0.4) is 0 Å². The highest BCUT2D eigenvalue weighted by molar-refractivity contribution is 5.68. The Bertz CT molecular complexity index is 595. The zero-order chi connectivity index (χ0) is 15.0. The predicted molar refractivity (Wildman–Crippen MR) is 60.7 cm³/mol. The molecule has 0 saturated heterocycles. The first-order valence-corrected chi connectivity index (χ1v) is 5.45. The highest BCUT2D eigenvalue weighted by atomic mass is 19.4. The predicted octanol–water partition coefficient (Wildman–Crippen LogP) is 5.19. The maximum atomic E-state index is 12.9. The van der Waals surface area contributed by atoms with E-state index >= 15 is 0 Å². The van der Waals surface area contributed by atoms with Crippen molar-refractivity contribution < 1.29 is 26.3 Å². The molecule has 0 aliphatic rings. The zero-order valence-corrected chi connectivity index (χ0v) is 9.81. The van der Waals surface area contributed by atoms with E-state index in [0.29, 0.717) is 6.07 Å². The molecule has 0 saturated carbocycles. The van der Waals surface area contributed by atoms with Gasteiger partial charge in [-0.2, -0.15) is 26.3 Å². The third-order valence-corrected chi connectivity index (χ3v) is 2.64. The molecule has 0 heterocycles. The first kappa shape index (κ1) is 14.4. The van der Waals surface area contributed by atoms with E-state index in [1.54, 1.807) is 6.07 Å². The minimum atomic E-state index is -4.89. The molecule has 6 heteroatoms. The Hall–Kier alpha value is -1.98. The quantitative estimate of drug-likeness (QED) is 0.634. The number of rotatable bonds is 1. The topological polar surface area (TPSA) is 0 Å². The smallest absolute Gasteiger partial charge is 0.166 e. The van der Waals surface area contributed by atoms with Crippen LogP contribution in [0.25, 0.3) is 11.1 Å². The van der Waals surface area contributed by atoms with Crippen LogP contribution in [-0.2, 0) is 12.4 Å². The lowest BCUT2D eigenvalue weighted by Crippen LogP contribution is -2.12. The van der Waals surface area contributed by atoms with Gasteiger partial charge in [0.05, 0.1) is 11.1 Å². The Morgan fingerprint density at radius 1 is 0.800 bits per heavy atom. The first-order chi connectivity index (χ1) is 9.19. The molecule has 0 amide bonds. The standard InChI is InChI=1S/C14H7F6/c15-13(16,17)10-6-7-11(9-4-2-1-3-5-9)12(8-10)14(18,19)20/h1-6,8H. The number of alkyl halides is 6. The highest BCUT2D eigenvalue weighted by Gasteiger charge is 2.38. The third kappa shape index (κ3) is 2.95. The molecular formula is C14H7F6. The SMILES string of the molecule is FC(F)(F)c1c[c]c(-c2ccccc2)c(C(F)(F)F)c1. The summed E-state index contributed by atoms with van der Waals surface area (Å²) in [5, 5.41) is 0. The van der Waals surface area contributed by atoms with Crippen LogP contribution in [0.15, 0.2) is 42.5 Å². The largest absolute Gasteiger partial charge is 0.417 e. The van der Waals surface area contributed by atoms with Gasteiger partial charge in [-0.3, -0.25) is 0 Å². The summed E-state index contributed by atoms with van der Waals surface area (Å²) in [4.78, 5) is 0. The molecule has 0 fully saturated rings. The molecule has 0 spiro atoms.